The predicted molar refractivity (Wildman–Crippen MR) is 110 cm³/mol. The van der Waals surface area contributed by atoms with E-state index in [1.54, 1.807) is 32.4 Å². The fourth-order valence-corrected chi connectivity index (χ4v) is 2.91. The van der Waals surface area contributed by atoms with E-state index in [1.807, 2.05) is 12.1 Å². The lowest BCUT2D eigenvalue weighted by Crippen LogP contribution is -2.54. The largest absolute Gasteiger partial charge is 0.493 e. The predicted octanol–water partition coefficient (Wildman–Crippen LogP) is 5.30. The van der Waals surface area contributed by atoms with Gasteiger partial charge in [0.25, 0.3) is 7.83 Å². The van der Waals surface area contributed by atoms with Crippen LogP contribution in [0.1, 0.15) is 5.56 Å². The molecule has 1 aliphatic rings. The van der Waals surface area contributed by atoms with Crippen LogP contribution in [-0.4, -0.2) is 51.0 Å². The molecule has 26 heavy (non-hydrogen) atoms. The highest BCUT2D eigenvalue weighted by molar-refractivity contribution is 6.68. The third-order valence-corrected chi connectivity index (χ3v) is 4.82. The highest BCUT2D eigenvalue weighted by Crippen LogP contribution is 2.38. The van der Waals surface area contributed by atoms with Gasteiger partial charge in [-0.25, -0.2) is 4.90 Å². The molecule has 1 heterocycles. The van der Waals surface area contributed by atoms with Gasteiger partial charge in [0.05, 0.1) is 27.6 Å². The van der Waals surface area contributed by atoms with Crippen LogP contribution >= 0.6 is 69.6 Å². The van der Waals surface area contributed by atoms with Crippen molar-refractivity contribution in [1.29, 1.82) is 0 Å². The molecule has 0 bridgehead atoms. The Morgan fingerprint density at radius 2 is 1.62 bits per heavy atom. The van der Waals surface area contributed by atoms with Crippen LogP contribution in [-0.2, 0) is 0 Å². The zero-order valence-electron chi connectivity index (χ0n) is 13.7. The topological polar surface area (TPSA) is 37.3 Å². The number of nitrogens with zero attached hydrogens (tertiary/aromatic N) is 3. The molecule has 0 fully saturated rings. The summed E-state index contributed by atoms with van der Waals surface area (Å²) in [7, 11) is 3.13. The van der Waals surface area contributed by atoms with E-state index in [4.69, 9.17) is 79.1 Å². The van der Waals surface area contributed by atoms with Crippen molar-refractivity contribution >= 4 is 81.5 Å². The van der Waals surface area contributed by atoms with E-state index < -0.39 is 7.83 Å². The highest BCUT2D eigenvalue weighted by Gasteiger charge is 2.40. The van der Waals surface area contributed by atoms with Gasteiger partial charge in [0.1, 0.15) is 5.84 Å². The Labute approximate surface area is 181 Å². The summed E-state index contributed by atoms with van der Waals surface area (Å²) in [6, 6.07) is 5.46. The third-order valence-electron chi connectivity index (χ3n) is 3.49. The lowest BCUT2D eigenvalue weighted by atomic mass is 10.2. The third kappa shape index (κ3) is 5.61. The zero-order chi connectivity index (χ0) is 19.5. The first-order valence-corrected chi connectivity index (χ1v) is 9.43. The summed E-state index contributed by atoms with van der Waals surface area (Å²) in [6.07, 6.45) is 3.51. The lowest BCUT2D eigenvalue weighted by molar-refractivity contribution is 0.170. The number of methoxy groups -OCH3 is 2. The van der Waals surface area contributed by atoms with Gasteiger partial charge in [-0.3, -0.25) is 9.89 Å². The molecule has 0 N–H and O–H groups in total. The lowest BCUT2D eigenvalue weighted by Gasteiger charge is -2.41. The Morgan fingerprint density at radius 1 is 0.962 bits per heavy atom. The Kier molecular flexibility index (Phi) is 7.47. The molecule has 1 aliphatic heterocycles. The fourth-order valence-electron chi connectivity index (χ4n) is 2.17. The van der Waals surface area contributed by atoms with Gasteiger partial charge in [-0.2, -0.15) is 0 Å². The standard InChI is InChI=1S/C15H15Cl6N3O2/c1-25-11-5-3-10(7-12(11)26-2)4-6-13-22-8-23(14(16,17)18)9-24(13)15(19,20)21/h3-7H,8-9H2,1-2H3. The summed E-state index contributed by atoms with van der Waals surface area (Å²) in [6.45, 7) is 0.210. The molecule has 0 aliphatic carbocycles. The number of aliphatic imine (C=N–C) groups is 1. The number of rotatable bonds is 4. The van der Waals surface area contributed by atoms with Crippen LogP contribution in [0.2, 0.25) is 0 Å². The molecule has 0 unspecified atom stereocenters. The van der Waals surface area contributed by atoms with Gasteiger partial charge >= 0.3 is 0 Å². The SMILES string of the molecule is COc1ccc(C=CC2=NCN(C(Cl)(Cl)Cl)CN2C(Cl)(Cl)Cl)cc1OC. The minimum Gasteiger partial charge on any atom is -0.493 e. The maximum atomic E-state index is 6.04. The van der Waals surface area contributed by atoms with Crippen molar-refractivity contribution in [2.75, 3.05) is 27.6 Å². The van der Waals surface area contributed by atoms with E-state index in [9.17, 15) is 0 Å². The number of ether oxygens (including phenoxy) is 2. The number of alkyl halides is 6. The van der Waals surface area contributed by atoms with Crippen molar-refractivity contribution in [3.05, 3.63) is 29.8 Å². The second-order valence-corrected chi connectivity index (χ2v) is 9.59. The minimum atomic E-state index is -1.77. The molecule has 0 saturated carbocycles. The van der Waals surface area contributed by atoms with Crippen molar-refractivity contribution < 1.29 is 9.47 Å². The van der Waals surface area contributed by atoms with Crippen molar-refractivity contribution in [3.8, 4) is 11.5 Å². The Balaban J connectivity index is 2.28. The number of hydrogen-bond acceptors (Lipinski definition) is 5. The van der Waals surface area contributed by atoms with E-state index in [0.717, 1.165) is 5.56 Å². The summed E-state index contributed by atoms with van der Waals surface area (Å²) in [5.74, 6) is 1.66. The Hall–Kier alpha value is -0.270. The molecule has 11 heteroatoms. The number of hydrogen-bond donors (Lipinski definition) is 0. The second-order valence-electron chi connectivity index (χ2n) is 5.15. The summed E-state index contributed by atoms with van der Waals surface area (Å²) in [5, 5.41) is 0. The van der Waals surface area contributed by atoms with E-state index in [2.05, 4.69) is 4.99 Å². The van der Waals surface area contributed by atoms with Gasteiger partial charge in [0.15, 0.2) is 11.5 Å². The maximum absolute atomic E-state index is 6.04. The first kappa shape index (κ1) is 22.0. The minimum absolute atomic E-state index is 0.0715. The summed E-state index contributed by atoms with van der Waals surface area (Å²) < 4.78 is 7.06. The van der Waals surface area contributed by atoms with Crippen LogP contribution in [0.25, 0.3) is 6.08 Å². The molecule has 0 radical (unpaired) electrons. The van der Waals surface area contributed by atoms with Gasteiger partial charge < -0.3 is 9.47 Å². The molecular weight excluding hydrogens is 467 g/mol. The molecule has 2 rings (SSSR count). The maximum Gasteiger partial charge on any atom is 0.270 e. The van der Waals surface area contributed by atoms with Crippen LogP contribution in [0.3, 0.4) is 0 Å². The van der Waals surface area contributed by atoms with Crippen LogP contribution < -0.4 is 9.47 Å². The smallest absolute Gasteiger partial charge is 0.270 e. The molecule has 0 aromatic heterocycles. The number of halogens is 6. The molecule has 0 spiro atoms. The Morgan fingerprint density at radius 3 is 2.15 bits per heavy atom. The zero-order valence-corrected chi connectivity index (χ0v) is 18.3. The average Bonchev–Trinajstić information content (AvgIpc) is 2.57. The molecule has 1 aromatic rings. The first-order chi connectivity index (χ1) is 12.1. The fraction of sp³-hybridized carbons (Fsp3) is 0.400. The van der Waals surface area contributed by atoms with E-state index >= 15 is 0 Å². The van der Waals surface area contributed by atoms with E-state index in [0.29, 0.717) is 17.3 Å². The Bertz CT molecular complexity index is 700. The van der Waals surface area contributed by atoms with Gasteiger partial charge in [0, 0.05) is 0 Å². The van der Waals surface area contributed by atoms with Crippen molar-refractivity contribution in [1.82, 2.24) is 9.80 Å². The van der Waals surface area contributed by atoms with Gasteiger partial charge in [-0.1, -0.05) is 81.7 Å². The molecule has 5 nitrogen and oxygen atoms in total. The molecule has 0 atom stereocenters. The van der Waals surface area contributed by atoms with E-state index in [-0.39, 0.29) is 13.3 Å². The first-order valence-electron chi connectivity index (χ1n) is 7.17. The van der Waals surface area contributed by atoms with Crippen molar-refractivity contribution in [2.45, 2.75) is 7.83 Å². The average molecular weight is 482 g/mol. The van der Waals surface area contributed by atoms with Crippen LogP contribution in [0.15, 0.2) is 29.3 Å². The number of benzene rings is 1. The van der Waals surface area contributed by atoms with E-state index in [1.165, 1.54) is 9.80 Å². The monoisotopic (exact) mass is 479 g/mol. The van der Waals surface area contributed by atoms with Crippen LogP contribution in [0, 0.1) is 0 Å². The van der Waals surface area contributed by atoms with Crippen LogP contribution in [0.4, 0.5) is 0 Å². The van der Waals surface area contributed by atoms with Gasteiger partial charge in [-0.05, 0) is 23.8 Å². The second kappa shape index (κ2) is 8.82. The molecule has 144 valence electrons. The summed E-state index contributed by atoms with van der Waals surface area (Å²) in [4.78, 5) is 7.15. The quantitative estimate of drug-likeness (QED) is 0.432. The van der Waals surface area contributed by atoms with Crippen molar-refractivity contribution in [3.63, 3.8) is 0 Å². The van der Waals surface area contributed by atoms with Crippen LogP contribution in [0.5, 0.6) is 11.5 Å². The summed E-state index contributed by atoms with van der Waals surface area (Å²) in [5.41, 5.74) is 0.846. The summed E-state index contributed by atoms with van der Waals surface area (Å²) >= 11 is 35.8. The normalized spacial score (nSPS) is 16.8. The molecule has 0 amide bonds. The van der Waals surface area contributed by atoms with Gasteiger partial charge in [-0.15, -0.1) is 0 Å². The molecule has 1 aromatic carbocycles. The highest BCUT2D eigenvalue weighted by atomic mass is 35.6. The van der Waals surface area contributed by atoms with Crippen molar-refractivity contribution in [2.24, 2.45) is 4.99 Å². The molecule has 0 saturated heterocycles. The number of amidine groups is 1. The molecular formula is C15H15Cl6N3O2. The van der Waals surface area contributed by atoms with Gasteiger partial charge in [0.2, 0.25) is 0 Å².